The molecule has 1 saturated heterocycles. The first kappa shape index (κ1) is 72.5. The van der Waals surface area contributed by atoms with Gasteiger partial charge in [0.15, 0.2) is 38.5 Å². The number of alkyl halides is 9. The molecule has 3 atom stereocenters. The number of nitrogens with zero attached hydrogens (tertiary/aromatic N) is 9. The number of rotatable bonds is 7. The van der Waals surface area contributed by atoms with Crippen LogP contribution in [0.2, 0.25) is 0 Å². The Labute approximate surface area is 550 Å². The van der Waals surface area contributed by atoms with E-state index in [4.69, 9.17) is 9.47 Å². The van der Waals surface area contributed by atoms with Crippen molar-refractivity contribution in [3.63, 3.8) is 0 Å². The highest BCUT2D eigenvalue weighted by Gasteiger charge is 2.58. The molecule has 26 heteroatoms. The second-order valence-corrected chi connectivity index (χ2v) is 29.4. The zero-order valence-electron chi connectivity index (χ0n) is 56.5. The van der Waals surface area contributed by atoms with E-state index in [9.17, 15) is 57.8 Å². The van der Waals surface area contributed by atoms with Crippen LogP contribution in [0.1, 0.15) is 237 Å². The normalized spacial score (nSPS) is 18.8. The third kappa shape index (κ3) is 15.6. The summed E-state index contributed by atoms with van der Waals surface area (Å²) in [6.07, 6.45) is -0.301. The Morgan fingerprint density at radius 3 is 1.82 bits per heavy atom. The molecule has 16 nitrogen and oxygen atoms in total. The number of aliphatic hydroxyl groups is 1. The number of aromatic amines is 1. The summed E-state index contributed by atoms with van der Waals surface area (Å²) in [5.74, 6) is -0.592. The maximum atomic E-state index is 13.2. The summed E-state index contributed by atoms with van der Waals surface area (Å²) in [6.45, 7) is 24.8. The number of ketones is 1. The number of H-pyrrole nitrogens is 1. The van der Waals surface area contributed by atoms with E-state index in [1.807, 2.05) is 49.7 Å². The topological polar surface area (TPSA) is 182 Å². The summed E-state index contributed by atoms with van der Waals surface area (Å²) >= 11 is 0. The van der Waals surface area contributed by atoms with Crippen molar-refractivity contribution in [3.8, 4) is 0 Å². The van der Waals surface area contributed by atoms with Gasteiger partial charge in [-0.1, -0.05) is 45.9 Å². The molecule has 0 amide bonds. The molecule has 1 saturated carbocycles. The molecular weight excluding hydrogens is 1270 g/mol. The smallest absolute Gasteiger partial charge is 0.393 e. The number of sulfone groups is 1. The van der Waals surface area contributed by atoms with Crippen LogP contribution in [0.3, 0.4) is 0 Å². The highest BCUT2D eigenvalue weighted by Crippen LogP contribution is 2.58. The minimum Gasteiger partial charge on any atom is -0.393 e. The predicted octanol–water partition coefficient (Wildman–Crippen LogP) is 16.4. The van der Waals surface area contributed by atoms with Gasteiger partial charge in [0.1, 0.15) is 0 Å². The van der Waals surface area contributed by atoms with Crippen LogP contribution in [-0.4, -0.2) is 99.3 Å². The number of carbonyl (C=O) groups excluding carboxylic acids is 1. The number of Topliss-reactive ketones (excluding diaryl/α,β-unsaturated/α-hetero) is 1. The van der Waals surface area contributed by atoms with Crippen LogP contribution in [-0.2, 0) is 83.4 Å². The molecule has 7 heterocycles. The number of hydrogen-bond donors (Lipinski definition) is 2. The van der Waals surface area contributed by atoms with E-state index in [-0.39, 0.29) is 66.7 Å². The Kier molecular flexibility index (Phi) is 21.4. The van der Waals surface area contributed by atoms with Gasteiger partial charge in [-0.2, -0.15) is 59.9 Å². The first-order chi connectivity index (χ1) is 44.3. The van der Waals surface area contributed by atoms with Gasteiger partial charge in [0.2, 0.25) is 0 Å². The number of nitrogens with one attached hydrogen (secondary N) is 1. The Hall–Kier alpha value is -6.77. The Morgan fingerprint density at radius 2 is 1.25 bits per heavy atom. The Morgan fingerprint density at radius 1 is 0.674 bits per heavy atom. The number of aliphatic hydroxyl groups excluding tert-OH is 1. The van der Waals surface area contributed by atoms with E-state index < -0.39 is 57.3 Å². The predicted molar refractivity (Wildman–Crippen MR) is 347 cm³/mol. The van der Waals surface area contributed by atoms with Gasteiger partial charge in [-0.05, 0) is 160 Å². The van der Waals surface area contributed by atoms with Crippen molar-refractivity contribution < 1.29 is 68.7 Å². The number of carbonyl (C=O) groups is 1. The van der Waals surface area contributed by atoms with Crippen molar-refractivity contribution in [2.24, 2.45) is 13.0 Å². The van der Waals surface area contributed by atoms with Crippen LogP contribution in [0.5, 0.6) is 0 Å². The molecule has 2 aromatic carbocycles. The summed E-state index contributed by atoms with van der Waals surface area (Å²) in [7, 11) is -1.16. The minimum atomic E-state index is -4.54. The Bertz CT molecular complexity index is 4140. The highest BCUT2D eigenvalue weighted by atomic mass is 32.2. The zero-order chi connectivity index (χ0) is 69.8. The molecule has 95 heavy (non-hydrogen) atoms. The van der Waals surface area contributed by atoms with Crippen molar-refractivity contribution in [2.75, 3.05) is 19.5 Å². The lowest BCUT2D eigenvalue weighted by atomic mass is 9.90. The number of aryl methyl sites for hydroxylation is 2. The van der Waals surface area contributed by atoms with Crippen molar-refractivity contribution in [1.29, 1.82) is 0 Å². The van der Waals surface area contributed by atoms with Crippen LogP contribution < -0.4 is 0 Å². The van der Waals surface area contributed by atoms with Crippen molar-refractivity contribution in [2.45, 2.75) is 231 Å². The molecule has 1 aliphatic heterocycles. The quantitative estimate of drug-likeness (QED) is 0.146. The van der Waals surface area contributed by atoms with Crippen LogP contribution in [0.15, 0.2) is 65.8 Å². The van der Waals surface area contributed by atoms with Gasteiger partial charge in [-0.3, -0.25) is 23.9 Å². The zero-order valence-corrected chi connectivity index (χ0v) is 57.3. The molecule has 5 aliphatic carbocycles. The van der Waals surface area contributed by atoms with Gasteiger partial charge in [-0.15, -0.1) is 0 Å². The third-order valence-electron chi connectivity index (χ3n) is 18.2. The van der Waals surface area contributed by atoms with Crippen LogP contribution in [0, 0.1) is 5.92 Å². The number of hydrogen-bond acceptors (Lipinski definition) is 10. The molecular formula is C69H91F9N10O6S. The van der Waals surface area contributed by atoms with Crippen LogP contribution in [0.25, 0.3) is 21.8 Å². The largest absolute Gasteiger partial charge is 0.435 e. The van der Waals surface area contributed by atoms with Gasteiger partial charge >= 0.3 is 18.5 Å². The fourth-order valence-electron chi connectivity index (χ4n) is 13.6. The molecule has 1 spiro atoms. The van der Waals surface area contributed by atoms with E-state index in [1.54, 1.807) is 51.1 Å². The first-order valence-corrected chi connectivity index (χ1v) is 34.7. The number of fused-ring (bicyclic) bond motifs is 8. The average Bonchev–Trinajstić information content (AvgIpc) is 1.54. The van der Waals surface area contributed by atoms with Crippen LogP contribution >= 0.6 is 0 Å². The van der Waals surface area contributed by atoms with E-state index in [1.165, 1.54) is 62.6 Å². The summed E-state index contributed by atoms with van der Waals surface area (Å²) < 4.78 is 159. The second-order valence-electron chi connectivity index (χ2n) is 27.4. The molecule has 6 aromatic heterocycles. The molecule has 14 rings (SSSR count). The summed E-state index contributed by atoms with van der Waals surface area (Å²) in [5.41, 5.74) is 7.12. The van der Waals surface area contributed by atoms with E-state index in [0.717, 1.165) is 16.4 Å². The second kappa shape index (κ2) is 28.0. The van der Waals surface area contributed by atoms with E-state index in [2.05, 4.69) is 96.1 Å². The molecule has 6 aliphatic rings. The maximum Gasteiger partial charge on any atom is 0.435 e. The molecule has 522 valence electrons. The average molecular weight is 1360 g/mol. The van der Waals surface area contributed by atoms with Crippen molar-refractivity contribution >= 4 is 37.4 Å². The lowest BCUT2D eigenvalue weighted by Crippen LogP contribution is -2.38. The number of halogens is 9. The van der Waals surface area contributed by atoms with Gasteiger partial charge in [-0.25, -0.2) is 8.42 Å². The lowest BCUT2D eigenvalue weighted by molar-refractivity contribution is -0.167. The standard InChI is InChI=1S/C13H17F3N2O2.C13H17NO2S.C11H11F3N2O.C11H15F3N2O.C11H17N.C10H12N2.H2/c1-8(2)18-10-3-4-12(19-5-6-20-12)7-9(10)11(17-18)13(14,15)16;1-9(2)12-8-14(3)13-6-5-10(7-11(12)13)17(4,15)16;1-4(2)16-8-5-3-6(5)9(17)7(8)10(15-16)11(12,13)14;1-6(2)16-9-4-3-7(17)5-8(9)10(15-16)11(12,13)14;1-9(2)12-8-7-10-5-3-4-6-11(10)12;1-7(2)10-8-5-3-4-6-9(8)11-12-10;/h8H,3-7H2,1-2H3;5-9H,1-4H3;4-6H,3H2,1-2H3;6-7,17H,3-5H2,1-2H3;7-9H,3-6H2,1-2H3;3-7H,1-2H3,(H,11,12);1H. The minimum absolute atomic E-state index is 0. The Balaban J connectivity index is 0.000000148. The maximum absolute atomic E-state index is 13.2. The third-order valence-corrected chi connectivity index (χ3v) is 19.3. The molecule has 0 radical (unpaired) electrons. The van der Waals surface area contributed by atoms with Crippen molar-refractivity contribution in [3.05, 3.63) is 134 Å². The first-order valence-electron chi connectivity index (χ1n) is 32.8. The molecule has 2 N–H and O–H groups in total. The monoisotopic (exact) mass is 1360 g/mol. The van der Waals surface area contributed by atoms with Gasteiger partial charge in [0.25, 0.3) is 0 Å². The SMILES string of the molecule is CC(C)c1[nH]nc2ccccc12.CC(C)c1cn(C)c2ccc(S(C)(=O)=O)cc12.CC(C)n1ccc2c1CCCC2.CC(C)n1nc(C(F)(F)F)c2c1C1CC1C2=O.CC(C)n1nc(C(F)(F)F)c2c1CCC(O)C2.CC(C)n1nc(C(F)(F)F)c2c1CCC1(C2)OCCO1.[HH]. The molecule has 2 fully saturated rings. The highest BCUT2D eigenvalue weighted by molar-refractivity contribution is 7.90. The summed E-state index contributed by atoms with van der Waals surface area (Å²) in [6, 6.07) is 16.1. The van der Waals surface area contributed by atoms with Crippen LogP contribution in [0.4, 0.5) is 39.5 Å². The molecule has 3 unspecified atom stereocenters. The van der Waals surface area contributed by atoms with E-state index in [0.29, 0.717) is 85.2 Å². The fraction of sp³-hybridized carbons (Fsp3) is 0.580. The number of para-hydroxylation sites is 1. The van der Waals surface area contributed by atoms with Gasteiger partial charge in [0.05, 0.1) is 41.0 Å². The number of ether oxygens (including phenoxy) is 2. The number of benzene rings is 2. The summed E-state index contributed by atoms with van der Waals surface area (Å²) in [4.78, 5) is 12.2. The van der Waals surface area contributed by atoms with Gasteiger partial charge < -0.3 is 23.7 Å². The van der Waals surface area contributed by atoms with Gasteiger partial charge in [0, 0.05) is 133 Å². The van der Waals surface area contributed by atoms with E-state index >= 15 is 0 Å². The fourth-order valence-corrected chi connectivity index (χ4v) is 14.2. The summed E-state index contributed by atoms with van der Waals surface area (Å²) in [5, 5.41) is 30.1. The molecule has 0 bridgehead atoms. The number of aromatic nitrogens is 10. The van der Waals surface area contributed by atoms with Crippen molar-refractivity contribution in [1.82, 2.24) is 48.7 Å². The molecule has 8 aromatic rings. The lowest BCUT2D eigenvalue weighted by Gasteiger charge is -2.32.